The Morgan fingerprint density at radius 1 is 1.05 bits per heavy atom. The summed E-state index contributed by atoms with van der Waals surface area (Å²) < 4.78 is 27.2. The summed E-state index contributed by atoms with van der Waals surface area (Å²) in [7, 11) is 0. The van der Waals surface area contributed by atoms with E-state index in [9.17, 15) is 20.1 Å². The monoisotopic (exact) mass is 532 g/mol. The summed E-state index contributed by atoms with van der Waals surface area (Å²) in [5.74, 6) is -3.48. The van der Waals surface area contributed by atoms with Gasteiger partial charge in [-0.1, -0.05) is 59.5 Å². The Bertz CT molecular complexity index is 1060. The molecule has 0 amide bonds. The zero-order chi connectivity index (χ0) is 27.0. The summed E-state index contributed by atoms with van der Waals surface area (Å²) in [4.78, 5) is 14.2. The lowest BCUT2D eigenvalue weighted by atomic mass is 9.52. The molecule has 3 saturated carbocycles. The third-order valence-electron chi connectivity index (χ3n) is 12.1. The van der Waals surface area contributed by atoms with Gasteiger partial charge in [-0.25, -0.2) is 0 Å². The highest BCUT2D eigenvalue weighted by Crippen LogP contribution is 2.74. The summed E-state index contributed by atoms with van der Waals surface area (Å²) >= 11 is 0. The molecule has 38 heavy (non-hydrogen) atoms. The highest BCUT2D eigenvalue weighted by Gasteiger charge is 2.89. The predicted molar refractivity (Wildman–Crippen MR) is 136 cm³/mol. The molecule has 7 fully saturated rings. The van der Waals surface area contributed by atoms with Crippen LogP contribution in [0.2, 0.25) is 0 Å². The van der Waals surface area contributed by atoms with Crippen LogP contribution in [0.5, 0.6) is 0 Å². The van der Waals surface area contributed by atoms with Gasteiger partial charge in [-0.15, -0.1) is 0 Å². The minimum absolute atomic E-state index is 0.136. The Labute approximate surface area is 225 Å². The summed E-state index contributed by atoms with van der Waals surface area (Å²) in [5, 5.41) is 35.2. The van der Waals surface area contributed by atoms with Crippen LogP contribution < -0.4 is 0 Å². The minimum Gasteiger partial charge on any atom is -0.393 e. The first-order valence-electron chi connectivity index (χ1n) is 14.9. The molecule has 3 bridgehead atoms. The van der Waals surface area contributed by atoms with Crippen LogP contribution in [0.1, 0.15) is 79.1 Å². The number of Topliss-reactive ketones (excluding diaryl/α,β-unsaturated/α-hetero) is 1. The van der Waals surface area contributed by atoms with Crippen molar-refractivity contribution < 1.29 is 39.1 Å². The number of carbonyl (C=O) groups excluding carboxylic acids is 1. The van der Waals surface area contributed by atoms with Gasteiger partial charge in [-0.3, -0.25) is 4.79 Å². The maximum absolute atomic E-state index is 14.2. The third-order valence-corrected chi connectivity index (χ3v) is 12.1. The normalized spacial score (nSPS) is 60.8. The molecule has 212 valence electrons. The number of hydrogen-bond donors (Lipinski definition) is 3. The highest BCUT2D eigenvalue weighted by atomic mass is 16.9. The molecule has 4 heterocycles. The number of aliphatic hydroxyl groups is 3. The van der Waals surface area contributed by atoms with Crippen LogP contribution in [0.4, 0.5) is 0 Å². The molecule has 7 rings (SSSR count). The van der Waals surface area contributed by atoms with Gasteiger partial charge in [0.25, 0.3) is 5.97 Å². The predicted octanol–water partition coefficient (Wildman–Crippen LogP) is 2.86. The van der Waals surface area contributed by atoms with Crippen molar-refractivity contribution in [3.8, 4) is 0 Å². The summed E-state index contributed by atoms with van der Waals surface area (Å²) in [6.45, 7) is 12.0. The van der Waals surface area contributed by atoms with Gasteiger partial charge in [-0.05, 0) is 43.1 Å². The molecular formula is C30H44O8. The van der Waals surface area contributed by atoms with Crippen molar-refractivity contribution in [2.75, 3.05) is 6.61 Å². The van der Waals surface area contributed by atoms with E-state index in [4.69, 9.17) is 18.9 Å². The van der Waals surface area contributed by atoms with Gasteiger partial charge in [0.1, 0.15) is 29.5 Å². The Morgan fingerprint density at radius 2 is 1.76 bits per heavy atom. The van der Waals surface area contributed by atoms with Crippen LogP contribution in [0.3, 0.4) is 0 Å². The van der Waals surface area contributed by atoms with Crippen molar-refractivity contribution in [1.29, 1.82) is 0 Å². The van der Waals surface area contributed by atoms with Crippen molar-refractivity contribution in [3.63, 3.8) is 0 Å². The van der Waals surface area contributed by atoms with Crippen LogP contribution in [0.15, 0.2) is 12.2 Å². The summed E-state index contributed by atoms with van der Waals surface area (Å²) in [6, 6.07) is 0. The van der Waals surface area contributed by atoms with Crippen molar-refractivity contribution in [1.82, 2.24) is 0 Å². The largest absolute Gasteiger partial charge is 0.393 e. The Hall–Kier alpha value is -0.870. The van der Waals surface area contributed by atoms with Crippen molar-refractivity contribution in [2.24, 2.45) is 35.5 Å². The second-order valence-electron chi connectivity index (χ2n) is 14.0. The smallest absolute Gasteiger partial charge is 0.284 e. The Morgan fingerprint density at radius 3 is 2.47 bits per heavy atom. The Kier molecular flexibility index (Phi) is 5.42. The maximum atomic E-state index is 14.2. The van der Waals surface area contributed by atoms with Gasteiger partial charge >= 0.3 is 0 Å². The molecule has 0 aromatic rings. The van der Waals surface area contributed by atoms with Crippen LogP contribution in [0.25, 0.3) is 0 Å². The fraction of sp³-hybridized carbons (Fsp3) is 0.900. The van der Waals surface area contributed by atoms with Gasteiger partial charge in [0, 0.05) is 24.2 Å². The van der Waals surface area contributed by atoms with Gasteiger partial charge in [-0.2, -0.15) is 0 Å². The molecule has 4 saturated heterocycles. The lowest BCUT2D eigenvalue weighted by molar-refractivity contribution is -0.436. The number of fused-ring (bicyclic) bond motifs is 1. The number of ketones is 1. The van der Waals surface area contributed by atoms with Gasteiger partial charge in [0.15, 0.2) is 11.4 Å². The molecule has 3 aliphatic carbocycles. The molecule has 8 heteroatoms. The second kappa shape index (κ2) is 7.90. The average Bonchev–Trinajstić information content (AvgIpc) is 3.52. The lowest BCUT2D eigenvalue weighted by Gasteiger charge is -2.61. The molecule has 2 spiro atoms. The number of ether oxygens (including phenoxy) is 4. The molecule has 8 nitrogen and oxygen atoms in total. The number of hydrogen-bond acceptors (Lipinski definition) is 8. The molecule has 7 aliphatic rings. The van der Waals surface area contributed by atoms with E-state index in [0.717, 1.165) is 44.1 Å². The molecule has 0 radical (unpaired) electrons. The summed E-state index contributed by atoms with van der Waals surface area (Å²) in [5.41, 5.74) is -4.56. The molecule has 0 aromatic carbocycles. The third kappa shape index (κ3) is 2.74. The van der Waals surface area contributed by atoms with Crippen molar-refractivity contribution in [2.45, 2.75) is 126 Å². The van der Waals surface area contributed by atoms with E-state index < -0.39 is 71.0 Å². The molecule has 4 aliphatic heterocycles. The van der Waals surface area contributed by atoms with Gasteiger partial charge in [0.2, 0.25) is 0 Å². The van der Waals surface area contributed by atoms with Crippen LogP contribution in [0, 0.1) is 35.5 Å². The average molecular weight is 533 g/mol. The molecular weight excluding hydrogens is 488 g/mol. The van der Waals surface area contributed by atoms with E-state index in [1.165, 1.54) is 0 Å². The minimum atomic E-state index is -2.11. The van der Waals surface area contributed by atoms with Crippen molar-refractivity contribution in [3.05, 3.63) is 12.2 Å². The Balaban J connectivity index is 1.51. The fourth-order valence-electron chi connectivity index (χ4n) is 10.4. The lowest BCUT2D eigenvalue weighted by Crippen LogP contribution is -2.73. The van der Waals surface area contributed by atoms with E-state index in [1.54, 1.807) is 0 Å². The SMILES string of the molecule is C=C(C)[C@]12C[C@H](C)[C@@]34O[C@@]5(CCCCCCC[C@@H](C)[C@H]6[C@H](C)C(=O)[C@@](O)([C@H](O)[C@@]7(CO)O[C@H]7[C@H]3[C@H]1O5)[C@@H]64)O2. The molecule has 3 N–H and O–H groups in total. The first kappa shape index (κ1) is 26.1. The maximum Gasteiger partial charge on any atom is 0.284 e. The number of carbonyl (C=O) groups is 1. The van der Waals surface area contributed by atoms with E-state index in [2.05, 4.69) is 20.4 Å². The zero-order valence-electron chi connectivity index (χ0n) is 23.2. The number of rotatable bonds is 2. The first-order chi connectivity index (χ1) is 18.0. The van der Waals surface area contributed by atoms with Crippen LogP contribution in [-0.2, 0) is 23.7 Å². The fourth-order valence-corrected chi connectivity index (χ4v) is 10.4. The van der Waals surface area contributed by atoms with E-state index >= 15 is 0 Å². The van der Waals surface area contributed by atoms with E-state index in [-0.39, 0.29) is 23.5 Å². The van der Waals surface area contributed by atoms with Crippen LogP contribution in [-0.4, -0.2) is 74.4 Å². The molecule has 14 atom stereocenters. The van der Waals surface area contributed by atoms with Gasteiger partial charge in [0.05, 0.1) is 12.2 Å². The molecule has 0 unspecified atom stereocenters. The van der Waals surface area contributed by atoms with Gasteiger partial charge < -0.3 is 34.3 Å². The van der Waals surface area contributed by atoms with E-state index in [0.29, 0.717) is 12.8 Å². The first-order valence-corrected chi connectivity index (χ1v) is 14.9. The summed E-state index contributed by atoms with van der Waals surface area (Å²) in [6.07, 6.45) is 4.60. The highest BCUT2D eigenvalue weighted by molar-refractivity contribution is 5.93. The number of aliphatic hydroxyl groups excluding tert-OH is 2. The van der Waals surface area contributed by atoms with E-state index in [1.807, 2.05) is 13.8 Å². The molecule has 0 aromatic heterocycles. The topological polar surface area (TPSA) is 118 Å². The second-order valence-corrected chi connectivity index (χ2v) is 14.0. The quantitative estimate of drug-likeness (QED) is 0.367. The zero-order valence-corrected chi connectivity index (χ0v) is 23.2. The number of epoxide rings is 1. The van der Waals surface area contributed by atoms with Crippen LogP contribution >= 0.6 is 0 Å². The van der Waals surface area contributed by atoms with Crippen molar-refractivity contribution >= 4 is 5.78 Å². The standard InChI is InChI=1S/C30H44O8/c1-15(2)26-13-17(4)30-20-23(26)36-28(37-26,38-30)12-10-8-6-7-9-11-16(3)19-18(5)22(32)29(34,21(19)30)25(33)27(14-31)24(20)35-27/h16-21,23-25,31,33-34H,1,6-14H2,2-5H3/t16-,17+,18+,19+,20-,21-,23-,24+,25-,26-,27+,28-,29-,30-/m1/s1.